The second-order valence-electron chi connectivity index (χ2n) is 5.81. The van der Waals surface area contributed by atoms with Crippen molar-refractivity contribution in [3.63, 3.8) is 0 Å². The number of rotatable bonds is 4. The number of hydrogen-bond donors (Lipinski definition) is 2. The first-order chi connectivity index (χ1) is 11.1. The van der Waals surface area contributed by atoms with Crippen molar-refractivity contribution in [3.8, 4) is 0 Å². The minimum Gasteiger partial charge on any atom is -0.478 e. The molecule has 3 rings (SSSR count). The van der Waals surface area contributed by atoms with Crippen molar-refractivity contribution in [1.82, 2.24) is 0 Å². The van der Waals surface area contributed by atoms with Gasteiger partial charge in [0.2, 0.25) is 0 Å². The largest absolute Gasteiger partial charge is 0.478 e. The van der Waals surface area contributed by atoms with Gasteiger partial charge in [-0.25, -0.2) is 4.79 Å². The molecule has 23 heavy (non-hydrogen) atoms. The molecule has 5 heteroatoms. The van der Waals surface area contributed by atoms with Crippen LogP contribution in [0.3, 0.4) is 0 Å². The van der Waals surface area contributed by atoms with Crippen LogP contribution in [0.5, 0.6) is 0 Å². The van der Waals surface area contributed by atoms with Crippen LogP contribution in [0.2, 0.25) is 5.02 Å². The topological polar surface area (TPSA) is 52.6 Å². The highest BCUT2D eigenvalue weighted by Crippen LogP contribution is 2.38. The molecule has 0 aliphatic carbocycles. The van der Waals surface area contributed by atoms with Gasteiger partial charge in [0.15, 0.2) is 0 Å². The Hall–Kier alpha value is -2.20. The summed E-state index contributed by atoms with van der Waals surface area (Å²) in [7, 11) is 0. The Morgan fingerprint density at radius 3 is 2.61 bits per heavy atom. The molecule has 0 amide bonds. The first-order valence-corrected chi connectivity index (χ1v) is 8.08. The molecule has 1 saturated heterocycles. The Kier molecular flexibility index (Phi) is 4.44. The normalized spacial score (nSPS) is 14.1. The molecule has 1 aliphatic heterocycles. The van der Waals surface area contributed by atoms with E-state index in [1.807, 2.05) is 31.2 Å². The summed E-state index contributed by atoms with van der Waals surface area (Å²) in [4.78, 5) is 13.7. The summed E-state index contributed by atoms with van der Waals surface area (Å²) in [5.41, 5.74) is 3.63. The zero-order valence-corrected chi connectivity index (χ0v) is 13.7. The first kappa shape index (κ1) is 15.7. The van der Waals surface area contributed by atoms with E-state index in [0.717, 1.165) is 42.9 Å². The molecule has 0 aromatic heterocycles. The molecule has 1 aliphatic rings. The van der Waals surface area contributed by atoms with Gasteiger partial charge >= 0.3 is 5.97 Å². The van der Waals surface area contributed by atoms with Crippen LogP contribution in [0.15, 0.2) is 36.4 Å². The summed E-state index contributed by atoms with van der Waals surface area (Å²) in [6.07, 6.45) is 2.30. The fourth-order valence-corrected chi connectivity index (χ4v) is 3.27. The molecule has 0 bridgehead atoms. The zero-order valence-electron chi connectivity index (χ0n) is 13.0. The van der Waals surface area contributed by atoms with Crippen molar-refractivity contribution in [2.45, 2.75) is 19.8 Å². The van der Waals surface area contributed by atoms with Gasteiger partial charge in [-0.1, -0.05) is 23.7 Å². The molecule has 120 valence electrons. The molecule has 0 unspecified atom stereocenters. The molecule has 2 aromatic rings. The maximum atomic E-state index is 11.5. The van der Waals surface area contributed by atoms with Crippen molar-refractivity contribution in [2.24, 2.45) is 0 Å². The van der Waals surface area contributed by atoms with Crippen LogP contribution in [0.4, 0.5) is 17.1 Å². The zero-order chi connectivity index (χ0) is 16.4. The number of hydrogen-bond acceptors (Lipinski definition) is 3. The number of carboxylic acids is 1. The third-order valence-corrected chi connectivity index (χ3v) is 4.39. The minimum atomic E-state index is -0.947. The number of nitrogens with zero attached hydrogens (tertiary/aromatic N) is 1. The molecule has 1 fully saturated rings. The number of carbonyl (C=O) groups is 1. The van der Waals surface area contributed by atoms with Crippen LogP contribution in [0, 0.1) is 6.92 Å². The summed E-state index contributed by atoms with van der Waals surface area (Å²) < 4.78 is 0. The van der Waals surface area contributed by atoms with Gasteiger partial charge in [-0.05, 0) is 49.6 Å². The van der Waals surface area contributed by atoms with Crippen molar-refractivity contribution in [1.29, 1.82) is 0 Å². The highest BCUT2D eigenvalue weighted by atomic mass is 35.5. The van der Waals surface area contributed by atoms with E-state index in [2.05, 4.69) is 10.2 Å². The molecule has 0 radical (unpaired) electrons. The highest BCUT2D eigenvalue weighted by Gasteiger charge is 2.20. The van der Waals surface area contributed by atoms with Crippen molar-refractivity contribution < 1.29 is 9.90 Å². The van der Waals surface area contributed by atoms with Crippen LogP contribution >= 0.6 is 11.6 Å². The second kappa shape index (κ2) is 6.50. The van der Waals surface area contributed by atoms with Crippen LogP contribution < -0.4 is 10.2 Å². The van der Waals surface area contributed by atoms with E-state index in [1.54, 1.807) is 12.1 Å². The number of para-hydroxylation sites is 1. The Bertz CT molecular complexity index is 740. The van der Waals surface area contributed by atoms with Crippen LogP contribution in [0.25, 0.3) is 0 Å². The van der Waals surface area contributed by atoms with E-state index in [9.17, 15) is 9.90 Å². The first-order valence-electron chi connectivity index (χ1n) is 7.70. The van der Waals surface area contributed by atoms with Crippen LogP contribution in [-0.4, -0.2) is 24.2 Å². The lowest BCUT2D eigenvalue weighted by Gasteiger charge is -2.24. The quantitative estimate of drug-likeness (QED) is 0.853. The van der Waals surface area contributed by atoms with Crippen LogP contribution in [-0.2, 0) is 0 Å². The molecular formula is C18H19ClN2O2. The second-order valence-corrected chi connectivity index (χ2v) is 6.22. The molecule has 0 saturated carbocycles. The molecule has 2 N–H and O–H groups in total. The number of carboxylic acid groups (broad SMARTS) is 1. The summed E-state index contributed by atoms with van der Waals surface area (Å²) in [5.74, 6) is -0.947. The fourth-order valence-electron chi connectivity index (χ4n) is 2.97. The number of nitrogens with one attached hydrogen (secondary N) is 1. The van der Waals surface area contributed by atoms with Crippen LogP contribution in [0.1, 0.15) is 28.8 Å². The molecule has 2 aromatic carbocycles. The monoisotopic (exact) mass is 330 g/mol. The molecule has 0 atom stereocenters. The molecular weight excluding hydrogens is 312 g/mol. The van der Waals surface area contributed by atoms with Crippen molar-refractivity contribution in [2.75, 3.05) is 23.3 Å². The Morgan fingerprint density at radius 1 is 1.17 bits per heavy atom. The maximum absolute atomic E-state index is 11.5. The summed E-state index contributed by atoms with van der Waals surface area (Å²) >= 11 is 6.41. The summed E-state index contributed by atoms with van der Waals surface area (Å²) in [6, 6.07) is 11.0. The van der Waals surface area contributed by atoms with Gasteiger partial charge < -0.3 is 15.3 Å². The minimum absolute atomic E-state index is 0.253. The number of benzene rings is 2. The van der Waals surface area contributed by atoms with Gasteiger partial charge in [0, 0.05) is 13.1 Å². The Morgan fingerprint density at radius 2 is 1.91 bits per heavy atom. The van der Waals surface area contributed by atoms with Gasteiger partial charge in [0.1, 0.15) is 0 Å². The molecule has 4 nitrogen and oxygen atoms in total. The van der Waals surface area contributed by atoms with Gasteiger partial charge in [0.25, 0.3) is 0 Å². The molecule has 1 heterocycles. The number of aryl methyl sites for hydroxylation is 1. The van der Waals surface area contributed by atoms with E-state index in [-0.39, 0.29) is 5.56 Å². The smallest absolute Gasteiger partial charge is 0.337 e. The van der Waals surface area contributed by atoms with Gasteiger partial charge in [0.05, 0.1) is 27.6 Å². The predicted molar refractivity (Wildman–Crippen MR) is 94.3 cm³/mol. The number of aromatic carboxylic acids is 1. The van der Waals surface area contributed by atoms with Crippen molar-refractivity contribution >= 4 is 34.6 Å². The van der Waals surface area contributed by atoms with Crippen molar-refractivity contribution in [3.05, 3.63) is 52.5 Å². The predicted octanol–water partition coefficient (Wildman–Crippen LogP) is 4.69. The lowest BCUT2D eigenvalue weighted by molar-refractivity contribution is 0.0698. The highest BCUT2D eigenvalue weighted by molar-refractivity contribution is 6.34. The third-order valence-electron chi connectivity index (χ3n) is 4.08. The summed E-state index contributed by atoms with van der Waals surface area (Å²) in [5, 5.41) is 13.3. The number of halogens is 1. The average Bonchev–Trinajstić information content (AvgIpc) is 3.01. The van der Waals surface area contributed by atoms with Gasteiger partial charge in [-0.3, -0.25) is 0 Å². The maximum Gasteiger partial charge on any atom is 0.337 e. The van der Waals surface area contributed by atoms with E-state index in [1.165, 1.54) is 0 Å². The van der Waals surface area contributed by atoms with Gasteiger partial charge in [-0.15, -0.1) is 0 Å². The Labute approximate surface area is 140 Å². The van der Waals surface area contributed by atoms with Gasteiger partial charge in [-0.2, -0.15) is 0 Å². The average molecular weight is 331 g/mol. The van der Waals surface area contributed by atoms with E-state index in [4.69, 9.17) is 11.6 Å². The van der Waals surface area contributed by atoms with E-state index in [0.29, 0.717) is 10.7 Å². The Balaban J connectivity index is 2.02. The van der Waals surface area contributed by atoms with E-state index >= 15 is 0 Å². The number of anilines is 3. The molecule has 0 spiro atoms. The third kappa shape index (κ3) is 3.27. The standard InChI is InChI=1S/C18H19ClN2O2/c1-12-7-8-13(18(22)23)16(11-12)20-15-6-4-5-14(19)17(15)21-9-2-3-10-21/h4-8,11,20H,2-3,9-10H2,1H3,(H,22,23). The fraction of sp³-hybridized carbons (Fsp3) is 0.278. The SMILES string of the molecule is Cc1ccc(C(=O)O)c(Nc2cccc(Cl)c2N2CCCC2)c1. The summed E-state index contributed by atoms with van der Waals surface area (Å²) in [6.45, 7) is 3.88. The van der Waals surface area contributed by atoms with E-state index < -0.39 is 5.97 Å². The lowest BCUT2D eigenvalue weighted by atomic mass is 10.1. The lowest BCUT2D eigenvalue weighted by Crippen LogP contribution is -2.19.